The maximum Gasteiger partial charge on any atom is 0.309 e. The van der Waals surface area contributed by atoms with Gasteiger partial charge in [-0.25, -0.2) is 0 Å². The largest absolute Gasteiger partial charge is 0.455 e. The van der Waals surface area contributed by atoms with Crippen LogP contribution in [0.15, 0.2) is 35.7 Å². The fourth-order valence-corrected chi connectivity index (χ4v) is 4.06. The van der Waals surface area contributed by atoms with Crippen molar-refractivity contribution in [3.05, 3.63) is 51.7 Å². The summed E-state index contributed by atoms with van der Waals surface area (Å²) in [7, 11) is 0. The molecule has 0 aliphatic carbocycles. The van der Waals surface area contributed by atoms with Gasteiger partial charge in [0.25, 0.3) is 11.8 Å². The van der Waals surface area contributed by atoms with E-state index in [1.165, 1.54) is 11.3 Å². The number of hydrogen-bond acceptors (Lipinski definition) is 5. The number of hydrogen-bond donors (Lipinski definition) is 1. The second kappa shape index (κ2) is 9.01. The minimum absolute atomic E-state index is 0.00893. The molecular formula is C21H24N2O4S. The van der Waals surface area contributed by atoms with Crippen molar-refractivity contribution in [2.24, 2.45) is 5.92 Å². The Balaban J connectivity index is 1.43. The number of carbonyl (C=O) groups excluding carboxylic acids is 3. The first kappa shape index (κ1) is 20.1. The van der Waals surface area contributed by atoms with Gasteiger partial charge in [-0.05, 0) is 61.4 Å². The van der Waals surface area contributed by atoms with Crippen molar-refractivity contribution in [1.82, 2.24) is 4.90 Å². The second-order valence-corrected chi connectivity index (χ2v) is 8.02. The summed E-state index contributed by atoms with van der Waals surface area (Å²) in [6, 6.07) is 9.41. The van der Waals surface area contributed by atoms with Gasteiger partial charge in [0, 0.05) is 18.8 Å². The molecule has 1 saturated heterocycles. The molecule has 0 radical (unpaired) electrons. The molecule has 1 aliphatic heterocycles. The molecule has 0 atom stereocenters. The number of thiophene rings is 1. The zero-order chi connectivity index (χ0) is 20.1. The van der Waals surface area contributed by atoms with Crippen LogP contribution in [0.2, 0.25) is 0 Å². The highest BCUT2D eigenvalue weighted by molar-refractivity contribution is 7.12. The molecule has 1 aromatic heterocycles. The molecule has 2 aromatic rings. The Kier molecular flexibility index (Phi) is 6.46. The number of benzene rings is 1. The van der Waals surface area contributed by atoms with Gasteiger partial charge in [-0.3, -0.25) is 14.4 Å². The SMILES string of the molecule is Cc1cc(C)cc(NC(=O)COC(=O)C2CCN(C(=O)c3cccs3)CC2)c1. The normalized spacial score (nSPS) is 14.6. The first-order valence-electron chi connectivity index (χ1n) is 9.30. The molecule has 3 rings (SSSR count). The third-order valence-electron chi connectivity index (χ3n) is 4.70. The molecule has 0 saturated carbocycles. The summed E-state index contributed by atoms with van der Waals surface area (Å²) in [4.78, 5) is 39.1. The standard InChI is InChI=1S/C21H24N2O4S/c1-14-10-15(2)12-17(11-14)22-19(24)13-27-21(26)16-5-7-23(8-6-16)20(25)18-4-3-9-28-18/h3-4,9-12,16H,5-8,13H2,1-2H3,(H,22,24). The van der Waals surface area contributed by atoms with E-state index < -0.39 is 0 Å². The van der Waals surface area contributed by atoms with E-state index >= 15 is 0 Å². The number of aryl methyl sites for hydroxylation is 2. The van der Waals surface area contributed by atoms with Gasteiger partial charge in [-0.15, -0.1) is 11.3 Å². The number of likely N-dealkylation sites (tertiary alicyclic amines) is 1. The highest BCUT2D eigenvalue weighted by Crippen LogP contribution is 2.22. The van der Waals surface area contributed by atoms with Gasteiger partial charge in [0.2, 0.25) is 0 Å². The number of piperidine rings is 1. The molecule has 148 valence electrons. The molecular weight excluding hydrogens is 376 g/mol. The number of nitrogens with one attached hydrogen (secondary N) is 1. The van der Waals surface area contributed by atoms with Crippen LogP contribution in [0, 0.1) is 19.8 Å². The fraction of sp³-hybridized carbons (Fsp3) is 0.381. The lowest BCUT2D eigenvalue weighted by Crippen LogP contribution is -2.40. The predicted molar refractivity (Wildman–Crippen MR) is 108 cm³/mol. The third-order valence-corrected chi connectivity index (χ3v) is 5.56. The maximum absolute atomic E-state index is 12.3. The van der Waals surface area contributed by atoms with Crippen LogP contribution >= 0.6 is 11.3 Å². The molecule has 2 heterocycles. The van der Waals surface area contributed by atoms with Crippen molar-refractivity contribution in [2.45, 2.75) is 26.7 Å². The molecule has 1 aliphatic rings. The first-order chi connectivity index (χ1) is 13.4. The summed E-state index contributed by atoms with van der Waals surface area (Å²) in [5.41, 5.74) is 2.80. The summed E-state index contributed by atoms with van der Waals surface area (Å²) < 4.78 is 5.19. The van der Waals surface area contributed by atoms with Crippen LogP contribution in [-0.2, 0) is 14.3 Å². The molecule has 0 unspecified atom stereocenters. The third kappa shape index (κ3) is 5.19. The number of rotatable bonds is 5. The lowest BCUT2D eigenvalue weighted by atomic mass is 9.97. The van der Waals surface area contributed by atoms with Gasteiger partial charge in [0.05, 0.1) is 10.8 Å². The average Bonchev–Trinajstić information content (AvgIpc) is 3.19. The van der Waals surface area contributed by atoms with Crippen LogP contribution < -0.4 is 5.32 Å². The number of carbonyl (C=O) groups is 3. The van der Waals surface area contributed by atoms with Crippen molar-refractivity contribution in [3.63, 3.8) is 0 Å². The van der Waals surface area contributed by atoms with Gasteiger partial charge in [-0.2, -0.15) is 0 Å². The van der Waals surface area contributed by atoms with Crippen molar-refractivity contribution >= 4 is 34.8 Å². The highest BCUT2D eigenvalue weighted by atomic mass is 32.1. The zero-order valence-corrected chi connectivity index (χ0v) is 16.9. The van der Waals surface area contributed by atoms with Crippen LogP contribution in [0.1, 0.15) is 33.6 Å². The maximum atomic E-state index is 12.3. The monoisotopic (exact) mass is 400 g/mol. The Morgan fingerprint density at radius 3 is 2.43 bits per heavy atom. The second-order valence-electron chi connectivity index (χ2n) is 7.08. The number of nitrogens with zero attached hydrogens (tertiary/aromatic N) is 1. The Bertz CT molecular complexity index is 835. The van der Waals surface area contributed by atoms with Gasteiger partial charge in [0.1, 0.15) is 0 Å². The summed E-state index contributed by atoms with van der Waals surface area (Å²) >= 11 is 1.42. The van der Waals surface area contributed by atoms with Gasteiger partial charge in [0.15, 0.2) is 6.61 Å². The smallest absolute Gasteiger partial charge is 0.309 e. The molecule has 0 spiro atoms. The van der Waals surface area contributed by atoms with Crippen LogP contribution in [0.4, 0.5) is 5.69 Å². The average molecular weight is 401 g/mol. The van der Waals surface area contributed by atoms with Gasteiger partial charge >= 0.3 is 5.97 Å². The number of amides is 2. The lowest BCUT2D eigenvalue weighted by Gasteiger charge is -2.30. The topological polar surface area (TPSA) is 75.7 Å². The Labute approximate surface area is 168 Å². The summed E-state index contributed by atoms with van der Waals surface area (Å²) in [6.07, 6.45) is 1.10. The first-order valence-corrected chi connectivity index (χ1v) is 10.2. The molecule has 7 heteroatoms. The van der Waals surface area contributed by atoms with Crippen molar-refractivity contribution < 1.29 is 19.1 Å². The van der Waals surface area contributed by atoms with E-state index in [0.29, 0.717) is 36.5 Å². The molecule has 1 N–H and O–H groups in total. The number of esters is 1. The van der Waals surface area contributed by atoms with Crippen LogP contribution in [0.5, 0.6) is 0 Å². The van der Waals surface area contributed by atoms with Gasteiger partial charge < -0.3 is 15.0 Å². The fourth-order valence-electron chi connectivity index (χ4n) is 3.37. The van der Waals surface area contributed by atoms with Crippen LogP contribution in [0.3, 0.4) is 0 Å². The molecule has 1 fully saturated rings. The van der Waals surface area contributed by atoms with E-state index in [0.717, 1.165) is 11.1 Å². The Morgan fingerprint density at radius 2 is 1.82 bits per heavy atom. The van der Waals surface area contributed by atoms with Crippen molar-refractivity contribution in [2.75, 3.05) is 25.0 Å². The van der Waals surface area contributed by atoms with Crippen LogP contribution in [-0.4, -0.2) is 42.4 Å². The minimum atomic E-state index is -0.376. The molecule has 6 nitrogen and oxygen atoms in total. The van der Waals surface area contributed by atoms with E-state index in [1.54, 1.807) is 4.90 Å². The summed E-state index contributed by atoms with van der Waals surface area (Å²) in [5.74, 6) is -1.00. The highest BCUT2D eigenvalue weighted by Gasteiger charge is 2.29. The van der Waals surface area contributed by atoms with Crippen molar-refractivity contribution in [1.29, 1.82) is 0 Å². The van der Waals surface area contributed by atoms with E-state index in [9.17, 15) is 14.4 Å². The summed E-state index contributed by atoms with van der Waals surface area (Å²) in [6.45, 7) is 4.65. The minimum Gasteiger partial charge on any atom is -0.455 e. The molecule has 1 aromatic carbocycles. The van der Waals surface area contributed by atoms with E-state index in [1.807, 2.05) is 49.6 Å². The summed E-state index contributed by atoms with van der Waals surface area (Å²) in [5, 5.41) is 4.63. The quantitative estimate of drug-likeness (QED) is 0.781. The van der Waals surface area contributed by atoms with E-state index in [4.69, 9.17) is 4.74 Å². The van der Waals surface area contributed by atoms with E-state index in [-0.39, 0.29) is 30.3 Å². The number of anilines is 1. The molecule has 28 heavy (non-hydrogen) atoms. The lowest BCUT2D eigenvalue weighted by molar-refractivity contribution is -0.152. The Hall–Kier alpha value is -2.67. The molecule has 2 amide bonds. The number of ether oxygens (including phenoxy) is 1. The van der Waals surface area contributed by atoms with Gasteiger partial charge in [-0.1, -0.05) is 12.1 Å². The Morgan fingerprint density at radius 1 is 1.14 bits per heavy atom. The van der Waals surface area contributed by atoms with Crippen molar-refractivity contribution in [3.8, 4) is 0 Å². The van der Waals surface area contributed by atoms with Crippen LogP contribution in [0.25, 0.3) is 0 Å². The predicted octanol–water partition coefficient (Wildman–Crippen LogP) is 3.40. The van der Waals surface area contributed by atoms with E-state index in [2.05, 4.69) is 5.32 Å². The molecule has 0 bridgehead atoms. The zero-order valence-electron chi connectivity index (χ0n) is 16.1.